The summed E-state index contributed by atoms with van der Waals surface area (Å²) in [5, 5.41) is 0.576. The fraction of sp³-hybridized carbons (Fsp3) is 0.423. The lowest BCUT2D eigenvalue weighted by atomic mass is 9.81. The van der Waals surface area contributed by atoms with E-state index in [0.29, 0.717) is 30.1 Å². The molecule has 0 N–H and O–H groups in total. The van der Waals surface area contributed by atoms with Gasteiger partial charge in [-0.15, -0.1) is 0 Å². The van der Waals surface area contributed by atoms with Crippen LogP contribution in [0.25, 0.3) is 0 Å². The molecule has 0 aliphatic carbocycles. The molecule has 4 rings (SSSR count). The van der Waals surface area contributed by atoms with Gasteiger partial charge < -0.3 is 14.4 Å². The maximum Gasteiger partial charge on any atom is 0.410 e. The van der Waals surface area contributed by atoms with E-state index in [9.17, 15) is 13.2 Å². The summed E-state index contributed by atoms with van der Waals surface area (Å²) >= 11 is 6.85. The Labute approximate surface area is 240 Å². The van der Waals surface area contributed by atoms with Gasteiger partial charge >= 0.3 is 6.09 Å². The summed E-state index contributed by atoms with van der Waals surface area (Å²) in [6.07, 6.45) is 1.27. The summed E-state index contributed by atoms with van der Waals surface area (Å²) in [5.74, 6) is -3.05. The second-order valence-electron chi connectivity index (χ2n) is 10.4. The molecule has 3 aromatic rings. The molecule has 1 saturated heterocycles. The van der Waals surface area contributed by atoms with Crippen molar-refractivity contribution in [2.24, 2.45) is 5.92 Å². The van der Waals surface area contributed by atoms with Gasteiger partial charge in [-0.2, -0.15) is 4.37 Å². The van der Waals surface area contributed by atoms with E-state index in [0.717, 1.165) is 27.7 Å². The lowest BCUT2D eigenvalue weighted by Gasteiger charge is -2.39. The monoisotopic (exact) mass is 614 g/mol. The van der Waals surface area contributed by atoms with E-state index in [2.05, 4.69) is 9.36 Å². The Balaban J connectivity index is 1.56. The number of aromatic nitrogens is 2. The molecule has 0 radical (unpaired) electrons. The van der Waals surface area contributed by atoms with Gasteiger partial charge in [0.25, 0.3) is 10.0 Å². The number of ether oxygens (including phenoxy) is 2. The number of halogens is 3. The number of hydrogen-bond acceptors (Lipinski definition) is 8. The van der Waals surface area contributed by atoms with E-state index >= 15 is 8.78 Å². The number of likely N-dealkylation sites (tertiary alicyclic amines) is 1. The van der Waals surface area contributed by atoms with Crippen LogP contribution in [-0.4, -0.2) is 61.1 Å². The van der Waals surface area contributed by atoms with E-state index in [1.165, 1.54) is 7.05 Å². The summed E-state index contributed by atoms with van der Waals surface area (Å²) in [6, 6.07) is 8.60. The van der Waals surface area contributed by atoms with Crippen LogP contribution < -0.4 is 9.04 Å². The highest BCUT2D eigenvalue weighted by Crippen LogP contribution is 2.36. The van der Waals surface area contributed by atoms with Gasteiger partial charge in [-0.25, -0.2) is 31.3 Å². The van der Waals surface area contributed by atoms with Crippen LogP contribution in [0.15, 0.2) is 47.6 Å². The average molecular weight is 615 g/mol. The Morgan fingerprint density at radius 3 is 2.52 bits per heavy atom. The highest BCUT2D eigenvalue weighted by molar-refractivity contribution is 7.93. The number of piperidine rings is 1. The number of carbonyl (C=O) groups is 1. The maximum absolute atomic E-state index is 15.1. The van der Waals surface area contributed by atoms with E-state index in [4.69, 9.17) is 21.1 Å². The van der Waals surface area contributed by atoms with Crippen LogP contribution in [0, 0.1) is 17.6 Å². The SMILES string of the molecule is CN(c1ncns1)S(=O)(=O)c1cc(F)c(OC[C@@H]2CN(C(=O)OC(C)(C)C)CC[C@H]2c2ccc(Cl)cc2)cc1F. The first kappa shape index (κ1) is 29.9. The fourth-order valence-corrected chi connectivity index (χ4v) is 6.44. The third kappa shape index (κ3) is 6.81. The van der Waals surface area contributed by atoms with Crippen molar-refractivity contribution in [1.29, 1.82) is 0 Å². The smallest absolute Gasteiger partial charge is 0.410 e. The molecule has 40 heavy (non-hydrogen) atoms. The number of sulfonamides is 1. The van der Waals surface area contributed by atoms with Gasteiger partial charge in [0.1, 0.15) is 22.6 Å². The van der Waals surface area contributed by atoms with Crippen LogP contribution in [0.3, 0.4) is 0 Å². The quantitative estimate of drug-likeness (QED) is 0.336. The zero-order valence-corrected chi connectivity index (χ0v) is 24.7. The van der Waals surface area contributed by atoms with Crippen molar-refractivity contribution in [1.82, 2.24) is 14.3 Å². The van der Waals surface area contributed by atoms with Crippen molar-refractivity contribution >= 4 is 44.4 Å². The van der Waals surface area contributed by atoms with Crippen molar-refractivity contribution in [2.45, 2.75) is 43.6 Å². The van der Waals surface area contributed by atoms with Gasteiger partial charge in [-0.3, -0.25) is 0 Å². The van der Waals surface area contributed by atoms with Gasteiger partial charge in [-0.1, -0.05) is 23.7 Å². The van der Waals surface area contributed by atoms with Crippen molar-refractivity contribution in [3.63, 3.8) is 0 Å². The minimum absolute atomic E-state index is 0.000200. The second-order valence-corrected chi connectivity index (χ2v) is 13.5. The van der Waals surface area contributed by atoms with Crippen LogP contribution in [0.4, 0.5) is 18.7 Å². The van der Waals surface area contributed by atoms with Gasteiger partial charge in [0.15, 0.2) is 11.6 Å². The minimum Gasteiger partial charge on any atom is -0.490 e. The van der Waals surface area contributed by atoms with Crippen LogP contribution >= 0.6 is 23.1 Å². The first-order valence-corrected chi connectivity index (χ1v) is 15.0. The number of anilines is 1. The number of hydrogen-bond donors (Lipinski definition) is 0. The molecule has 14 heteroatoms. The Morgan fingerprint density at radius 2 is 1.90 bits per heavy atom. The Kier molecular flexibility index (Phi) is 8.86. The number of rotatable bonds is 7. The van der Waals surface area contributed by atoms with E-state index < -0.39 is 44.0 Å². The van der Waals surface area contributed by atoms with Gasteiger partial charge in [0.05, 0.1) is 6.61 Å². The normalized spacial score (nSPS) is 17.9. The van der Waals surface area contributed by atoms with Crippen LogP contribution in [0.2, 0.25) is 5.02 Å². The summed E-state index contributed by atoms with van der Waals surface area (Å²) in [6.45, 7) is 5.96. The minimum atomic E-state index is -4.45. The summed E-state index contributed by atoms with van der Waals surface area (Å²) in [4.78, 5) is 17.3. The van der Waals surface area contributed by atoms with Crippen molar-refractivity contribution < 1.29 is 31.5 Å². The fourth-order valence-electron chi connectivity index (χ4n) is 4.41. The van der Waals surface area contributed by atoms with Crippen molar-refractivity contribution in [3.05, 3.63) is 64.9 Å². The van der Waals surface area contributed by atoms with Gasteiger partial charge in [-0.05, 0) is 50.8 Å². The molecule has 1 aliphatic heterocycles. The van der Waals surface area contributed by atoms with Crippen LogP contribution in [0.1, 0.15) is 38.7 Å². The first-order valence-electron chi connectivity index (χ1n) is 12.4. The summed E-state index contributed by atoms with van der Waals surface area (Å²) in [5.41, 5.74) is 0.290. The third-order valence-electron chi connectivity index (χ3n) is 6.38. The van der Waals surface area contributed by atoms with Crippen molar-refractivity contribution in [2.75, 3.05) is 31.0 Å². The molecule has 2 atom stereocenters. The van der Waals surface area contributed by atoms with Crippen molar-refractivity contribution in [3.8, 4) is 5.75 Å². The van der Waals surface area contributed by atoms with Gasteiger partial charge in [0.2, 0.25) is 5.13 Å². The molecule has 0 spiro atoms. The number of carbonyl (C=O) groups excluding carboxylic acids is 1. The maximum atomic E-state index is 15.1. The number of nitrogens with zero attached hydrogens (tertiary/aromatic N) is 4. The molecule has 2 aromatic carbocycles. The van der Waals surface area contributed by atoms with E-state index in [-0.39, 0.29) is 30.1 Å². The average Bonchev–Trinajstić information content (AvgIpc) is 3.43. The number of benzene rings is 2. The first-order chi connectivity index (χ1) is 18.8. The van der Waals surface area contributed by atoms with E-state index in [1.807, 2.05) is 12.1 Å². The third-order valence-corrected chi connectivity index (χ3v) is 9.25. The Hall–Kier alpha value is -3.03. The van der Waals surface area contributed by atoms with Crippen LogP contribution in [-0.2, 0) is 14.8 Å². The standard InChI is InChI=1S/C26H29ClF2N4O5S2/c1-26(2,3)38-25(34)33-10-9-19(16-5-7-18(27)8-6-16)17(13-33)14-37-22-11-21(29)23(12-20(22)28)40(35,36)32(4)24-30-15-31-39-24/h5-8,11-12,15,17,19H,9-10,13-14H2,1-4H3/t17-,19-/m0/s1. The number of amides is 1. The molecule has 0 saturated carbocycles. The topological polar surface area (TPSA) is 102 Å². The molecule has 1 fully saturated rings. The van der Waals surface area contributed by atoms with E-state index in [1.54, 1.807) is 37.8 Å². The molecule has 2 heterocycles. The second kappa shape index (κ2) is 11.8. The molecule has 0 unspecified atom stereocenters. The summed E-state index contributed by atoms with van der Waals surface area (Å²) < 4.78 is 71.6. The lowest BCUT2D eigenvalue weighted by molar-refractivity contribution is 0.0110. The zero-order valence-electron chi connectivity index (χ0n) is 22.3. The highest BCUT2D eigenvalue weighted by Gasteiger charge is 2.35. The molecular weight excluding hydrogens is 586 g/mol. The molecule has 1 aromatic heterocycles. The summed E-state index contributed by atoms with van der Waals surface area (Å²) in [7, 11) is -3.27. The lowest BCUT2D eigenvalue weighted by Crippen LogP contribution is -2.46. The molecule has 1 amide bonds. The van der Waals surface area contributed by atoms with Gasteiger partial charge in [0, 0.05) is 54.7 Å². The zero-order chi connectivity index (χ0) is 29.2. The van der Waals surface area contributed by atoms with Crippen LogP contribution in [0.5, 0.6) is 5.75 Å². The highest BCUT2D eigenvalue weighted by atomic mass is 35.5. The predicted octanol–water partition coefficient (Wildman–Crippen LogP) is 5.71. The molecule has 0 bridgehead atoms. The predicted molar refractivity (Wildman–Crippen MR) is 147 cm³/mol. The largest absolute Gasteiger partial charge is 0.490 e. The molecule has 216 valence electrons. The molecule has 1 aliphatic rings. The molecular formula is C26H29ClF2N4O5S2. The Bertz CT molecular complexity index is 1450. The molecule has 9 nitrogen and oxygen atoms in total. The Morgan fingerprint density at radius 1 is 1.20 bits per heavy atom.